The SMILES string of the molecule is Cc1cc(N=Nc2ccncc2)ccc1OCCCCCC(=O)O. The maximum atomic E-state index is 10.4. The van der Waals surface area contributed by atoms with Gasteiger partial charge < -0.3 is 9.84 Å². The molecule has 0 bridgehead atoms. The second-order valence-electron chi connectivity index (χ2n) is 5.41. The van der Waals surface area contributed by atoms with E-state index in [1.54, 1.807) is 24.5 Å². The van der Waals surface area contributed by atoms with Crippen LogP contribution in [0.25, 0.3) is 0 Å². The molecule has 1 aromatic carbocycles. The average molecular weight is 327 g/mol. The van der Waals surface area contributed by atoms with Crippen LogP contribution in [0.3, 0.4) is 0 Å². The zero-order valence-electron chi connectivity index (χ0n) is 13.7. The van der Waals surface area contributed by atoms with Crippen molar-refractivity contribution in [3.63, 3.8) is 0 Å². The van der Waals surface area contributed by atoms with Gasteiger partial charge in [-0.25, -0.2) is 0 Å². The molecule has 0 spiro atoms. The molecule has 6 nitrogen and oxygen atoms in total. The van der Waals surface area contributed by atoms with Crippen molar-refractivity contribution in [3.05, 3.63) is 48.3 Å². The van der Waals surface area contributed by atoms with Crippen LogP contribution in [0.5, 0.6) is 5.75 Å². The molecule has 126 valence electrons. The summed E-state index contributed by atoms with van der Waals surface area (Å²) >= 11 is 0. The number of pyridine rings is 1. The summed E-state index contributed by atoms with van der Waals surface area (Å²) in [6.45, 7) is 2.55. The molecule has 0 atom stereocenters. The average Bonchev–Trinajstić information content (AvgIpc) is 2.58. The summed E-state index contributed by atoms with van der Waals surface area (Å²) in [5.41, 5.74) is 2.51. The summed E-state index contributed by atoms with van der Waals surface area (Å²) in [6.07, 6.45) is 5.95. The lowest BCUT2D eigenvalue weighted by molar-refractivity contribution is -0.137. The molecular weight excluding hydrogens is 306 g/mol. The number of benzene rings is 1. The van der Waals surface area contributed by atoms with Gasteiger partial charge in [0.1, 0.15) is 5.75 Å². The normalized spacial score (nSPS) is 10.9. The quantitative estimate of drug-likeness (QED) is 0.528. The Bertz CT molecular complexity index is 687. The summed E-state index contributed by atoms with van der Waals surface area (Å²) in [4.78, 5) is 14.4. The third kappa shape index (κ3) is 6.16. The Hall–Kier alpha value is -2.76. The minimum Gasteiger partial charge on any atom is -0.493 e. The number of unbranched alkanes of at least 4 members (excludes halogenated alkanes) is 2. The highest BCUT2D eigenvalue weighted by molar-refractivity contribution is 5.66. The molecule has 0 saturated carbocycles. The van der Waals surface area contributed by atoms with E-state index in [9.17, 15) is 4.79 Å². The van der Waals surface area contributed by atoms with Gasteiger partial charge in [0.05, 0.1) is 18.0 Å². The first kappa shape index (κ1) is 17.6. The standard InChI is InChI=1S/C18H21N3O3/c1-14-13-16(21-20-15-8-10-19-11-9-15)6-7-17(14)24-12-4-2-3-5-18(22)23/h6-11,13H,2-5,12H2,1H3,(H,22,23). The molecule has 0 amide bonds. The van der Waals surface area contributed by atoms with E-state index < -0.39 is 5.97 Å². The Morgan fingerprint density at radius 2 is 1.83 bits per heavy atom. The molecule has 1 heterocycles. The lowest BCUT2D eigenvalue weighted by atomic mass is 10.2. The van der Waals surface area contributed by atoms with Crippen LogP contribution in [0.4, 0.5) is 11.4 Å². The van der Waals surface area contributed by atoms with Crippen LogP contribution in [0.15, 0.2) is 53.0 Å². The summed E-state index contributed by atoms with van der Waals surface area (Å²) in [5.74, 6) is 0.0689. The summed E-state index contributed by atoms with van der Waals surface area (Å²) in [7, 11) is 0. The highest BCUT2D eigenvalue weighted by Gasteiger charge is 2.02. The molecule has 0 radical (unpaired) electrons. The Balaban J connectivity index is 1.81. The van der Waals surface area contributed by atoms with Gasteiger partial charge in [0.25, 0.3) is 0 Å². The predicted molar refractivity (Wildman–Crippen MR) is 91.2 cm³/mol. The van der Waals surface area contributed by atoms with Crippen molar-refractivity contribution in [2.24, 2.45) is 10.2 Å². The second-order valence-corrected chi connectivity index (χ2v) is 5.41. The Morgan fingerprint density at radius 1 is 1.08 bits per heavy atom. The summed E-state index contributed by atoms with van der Waals surface area (Å²) in [6, 6.07) is 9.24. The van der Waals surface area contributed by atoms with Crippen LogP contribution in [0.2, 0.25) is 0 Å². The Kier molecular flexibility index (Phi) is 6.89. The van der Waals surface area contributed by atoms with Crippen LogP contribution in [-0.4, -0.2) is 22.7 Å². The molecule has 1 aromatic heterocycles. The molecule has 0 fully saturated rings. The Morgan fingerprint density at radius 3 is 2.54 bits per heavy atom. The fourth-order valence-corrected chi connectivity index (χ4v) is 2.12. The van der Waals surface area contributed by atoms with Crippen molar-refractivity contribution in [1.29, 1.82) is 0 Å². The van der Waals surface area contributed by atoms with Crippen molar-refractivity contribution in [1.82, 2.24) is 4.98 Å². The minimum atomic E-state index is -0.747. The zero-order chi connectivity index (χ0) is 17.2. The predicted octanol–water partition coefficient (Wildman–Crippen LogP) is 4.83. The fourth-order valence-electron chi connectivity index (χ4n) is 2.12. The van der Waals surface area contributed by atoms with Gasteiger partial charge in [0, 0.05) is 18.8 Å². The van der Waals surface area contributed by atoms with Crippen molar-refractivity contribution in [2.45, 2.75) is 32.6 Å². The number of ether oxygens (including phenoxy) is 1. The van der Waals surface area contributed by atoms with Crippen molar-refractivity contribution in [2.75, 3.05) is 6.61 Å². The number of carbonyl (C=O) groups is 1. The molecule has 6 heteroatoms. The third-order valence-corrected chi connectivity index (χ3v) is 3.39. The number of aryl methyl sites for hydroxylation is 1. The molecule has 2 rings (SSSR count). The monoisotopic (exact) mass is 327 g/mol. The van der Waals surface area contributed by atoms with Gasteiger partial charge in [-0.05, 0) is 62.1 Å². The highest BCUT2D eigenvalue weighted by atomic mass is 16.5. The molecule has 2 aromatic rings. The largest absolute Gasteiger partial charge is 0.493 e. The number of azo groups is 1. The first-order valence-electron chi connectivity index (χ1n) is 7.92. The molecule has 0 unspecified atom stereocenters. The first-order valence-corrected chi connectivity index (χ1v) is 7.92. The highest BCUT2D eigenvalue weighted by Crippen LogP contribution is 2.25. The van der Waals surface area contributed by atoms with Gasteiger partial charge in [0.15, 0.2) is 0 Å². The van der Waals surface area contributed by atoms with Crippen LogP contribution >= 0.6 is 0 Å². The van der Waals surface area contributed by atoms with E-state index in [1.165, 1.54) is 0 Å². The maximum Gasteiger partial charge on any atom is 0.303 e. The van der Waals surface area contributed by atoms with E-state index in [0.29, 0.717) is 13.0 Å². The molecule has 24 heavy (non-hydrogen) atoms. The Labute approximate surface area is 141 Å². The topological polar surface area (TPSA) is 84.1 Å². The van der Waals surface area contributed by atoms with Gasteiger partial charge in [-0.15, -0.1) is 0 Å². The molecular formula is C18H21N3O3. The van der Waals surface area contributed by atoms with Crippen LogP contribution < -0.4 is 4.74 Å². The number of aromatic nitrogens is 1. The second kappa shape index (κ2) is 9.39. The van der Waals surface area contributed by atoms with Crippen LogP contribution in [0, 0.1) is 6.92 Å². The number of carboxylic acids is 1. The molecule has 0 saturated heterocycles. The van der Waals surface area contributed by atoms with E-state index in [2.05, 4.69) is 15.2 Å². The summed E-state index contributed by atoms with van der Waals surface area (Å²) in [5, 5.41) is 16.9. The van der Waals surface area contributed by atoms with Gasteiger partial charge >= 0.3 is 5.97 Å². The lowest BCUT2D eigenvalue weighted by Gasteiger charge is -2.09. The molecule has 0 aliphatic carbocycles. The maximum absolute atomic E-state index is 10.4. The number of rotatable bonds is 9. The number of aliphatic carboxylic acids is 1. The molecule has 0 aliphatic heterocycles. The van der Waals surface area contributed by atoms with Crippen LogP contribution in [-0.2, 0) is 4.79 Å². The number of carboxylic acid groups (broad SMARTS) is 1. The van der Waals surface area contributed by atoms with Crippen molar-refractivity contribution >= 4 is 17.3 Å². The van der Waals surface area contributed by atoms with Gasteiger partial charge in [-0.2, -0.15) is 10.2 Å². The fraction of sp³-hybridized carbons (Fsp3) is 0.333. The lowest BCUT2D eigenvalue weighted by Crippen LogP contribution is -2.00. The van der Waals surface area contributed by atoms with Gasteiger partial charge in [0.2, 0.25) is 0 Å². The minimum absolute atomic E-state index is 0.218. The van der Waals surface area contributed by atoms with Crippen molar-refractivity contribution < 1.29 is 14.6 Å². The van der Waals surface area contributed by atoms with E-state index >= 15 is 0 Å². The van der Waals surface area contributed by atoms with E-state index in [4.69, 9.17) is 9.84 Å². The number of hydrogen-bond acceptors (Lipinski definition) is 5. The molecule has 1 N–H and O–H groups in total. The van der Waals surface area contributed by atoms with E-state index in [0.717, 1.165) is 35.5 Å². The zero-order valence-corrected chi connectivity index (χ0v) is 13.7. The number of hydrogen-bond donors (Lipinski definition) is 1. The number of nitrogens with zero attached hydrogens (tertiary/aromatic N) is 3. The first-order chi connectivity index (χ1) is 11.6. The third-order valence-electron chi connectivity index (χ3n) is 3.39. The van der Waals surface area contributed by atoms with Gasteiger partial charge in [-0.1, -0.05) is 0 Å². The smallest absolute Gasteiger partial charge is 0.303 e. The summed E-state index contributed by atoms with van der Waals surface area (Å²) < 4.78 is 5.73. The van der Waals surface area contributed by atoms with Crippen molar-refractivity contribution in [3.8, 4) is 5.75 Å². The van der Waals surface area contributed by atoms with E-state index in [1.807, 2.05) is 25.1 Å². The van der Waals surface area contributed by atoms with Gasteiger partial charge in [-0.3, -0.25) is 9.78 Å². The molecule has 0 aliphatic rings. The van der Waals surface area contributed by atoms with Crippen LogP contribution in [0.1, 0.15) is 31.2 Å². The van der Waals surface area contributed by atoms with E-state index in [-0.39, 0.29) is 6.42 Å².